The Morgan fingerprint density at radius 3 is 1.01 bits per heavy atom. The molecular formula is C117H168N9O22+. The number of unbranched alkanes of at least 4 members (excludes halogenated alkanes) is 5. The first-order chi connectivity index (χ1) is 71.4. The van der Waals surface area contributed by atoms with E-state index in [4.69, 9.17) is 47.4 Å². The van der Waals surface area contributed by atoms with Gasteiger partial charge in [-0.05, 0) is 190 Å². The molecule has 31 nitrogen and oxygen atoms in total. The maximum absolute atomic E-state index is 13.4. The van der Waals surface area contributed by atoms with Crippen molar-refractivity contribution in [3.05, 3.63) is 229 Å². The van der Waals surface area contributed by atoms with Crippen molar-refractivity contribution in [3.63, 3.8) is 0 Å². The maximum atomic E-state index is 13.4. The number of carboxylic acids is 4. The van der Waals surface area contributed by atoms with Crippen LogP contribution in [0.4, 0.5) is 0 Å². The highest BCUT2D eigenvalue weighted by Crippen LogP contribution is 2.46. The number of benzene rings is 8. The summed E-state index contributed by atoms with van der Waals surface area (Å²) in [4.78, 5) is 112. The van der Waals surface area contributed by atoms with Crippen molar-refractivity contribution in [2.24, 2.45) is 23.7 Å². The van der Waals surface area contributed by atoms with Gasteiger partial charge in [-0.15, -0.1) is 0 Å². The van der Waals surface area contributed by atoms with Gasteiger partial charge in [0.2, 0.25) is 30.4 Å². The Morgan fingerprint density at radius 1 is 0.351 bits per heavy atom. The summed E-state index contributed by atoms with van der Waals surface area (Å²) < 4.78 is 53.6. The minimum atomic E-state index is -0.895. The van der Waals surface area contributed by atoms with Crippen LogP contribution in [-0.2, 0) is 38.4 Å². The SMILES string of the molecule is CCCCN(CC)C(=O)CN1C[C@H](c2ccc(OC)cc2)[C@@H](C(=O)O)[C@@H]1CC.CCCCN(CCCC[N+](C)(C)C)C(=O)CN1C[C@H](c2ccc(OC)cc2)[C@@H](C(=O)O)[C@@H]1CC.CCCCNC(=O)CN1C[C@H](c2ccc(OC)cc2)[C@@H](C(=O)O)[C@@H]1CC.CCCCNC(=O)CN1C[C@H](c2ccc3c(c2)OCO3)[C@@H](C(=O)O)[C@@H]1CCOc1ccccc1OC.COc1ccccc1.COc1ccccc1.COc1ccccc1. The highest BCUT2D eigenvalue weighted by molar-refractivity contribution is 5.82. The molecule has 4 saturated heterocycles. The molecule has 812 valence electrons. The fourth-order valence-corrected chi connectivity index (χ4v) is 19.8. The molecule has 0 unspecified atom stereocenters. The van der Waals surface area contributed by atoms with Gasteiger partial charge in [-0.1, -0.05) is 183 Å². The molecule has 0 aromatic heterocycles. The molecule has 13 rings (SSSR count). The molecule has 4 amide bonds. The van der Waals surface area contributed by atoms with Gasteiger partial charge in [-0.3, -0.25) is 58.0 Å². The molecule has 31 heteroatoms. The summed E-state index contributed by atoms with van der Waals surface area (Å²) in [6.07, 6.45) is 12.6. The molecule has 5 heterocycles. The lowest BCUT2D eigenvalue weighted by atomic mass is 9.84. The molecule has 12 atom stereocenters. The minimum absolute atomic E-state index is 0.0311. The maximum Gasteiger partial charge on any atom is 0.308 e. The van der Waals surface area contributed by atoms with Gasteiger partial charge in [0.1, 0.15) is 34.5 Å². The molecule has 0 aliphatic carbocycles. The second-order valence-electron chi connectivity index (χ2n) is 38.6. The zero-order valence-electron chi connectivity index (χ0n) is 90.7. The Kier molecular flexibility index (Phi) is 54.4. The van der Waals surface area contributed by atoms with Crippen molar-refractivity contribution >= 4 is 47.5 Å². The fourth-order valence-electron chi connectivity index (χ4n) is 19.8. The molecule has 0 radical (unpaired) electrons. The van der Waals surface area contributed by atoms with Crippen LogP contribution in [-0.4, -0.2) is 308 Å². The molecule has 5 aliphatic rings. The first-order valence-electron chi connectivity index (χ1n) is 52.5. The van der Waals surface area contributed by atoms with Crippen LogP contribution in [0.5, 0.6) is 57.5 Å². The predicted molar refractivity (Wildman–Crippen MR) is 578 cm³/mol. The van der Waals surface area contributed by atoms with Crippen LogP contribution in [0, 0.1) is 23.7 Å². The van der Waals surface area contributed by atoms with E-state index < -0.39 is 47.5 Å². The number of hydrogen-bond acceptors (Lipinski definition) is 22. The van der Waals surface area contributed by atoms with E-state index in [9.17, 15) is 58.8 Å². The molecular weight excluding hydrogens is 1880 g/mol. The molecule has 0 spiro atoms. The molecule has 0 saturated carbocycles. The van der Waals surface area contributed by atoms with Gasteiger partial charge >= 0.3 is 23.9 Å². The van der Waals surface area contributed by atoms with E-state index >= 15 is 0 Å². The van der Waals surface area contributed by atoms with Gasteiger partial charge in [0.15, 0.2) is 23.0 Å². The second kappa shape index (κ2) is 65.9. The van der Waals surface area contributed by atoms with Gasteiger partial charge in [0.05, 0.1) is 134 Å². The first-order valence-corrected chi connectivity index (χ1v) is 52.5. The number of nitrogens with zero attached hydrogens (tertiary/aromatic N) is 7. The second-order valence-corrected chi connectivity index (χ2v) is 38.6. The third-order valence-corrected chi connectivity index (χ3v) is 27.8. The van der Waals surface area contributed by atoms with E-state index in [0.717, 1.165) is 152 Å². The predicted octanol–water partition coefficient (Wildman–Crippen LogP) is 17.8. The number of carbonyl (C=O) groups is 8. The summed E-state index contributed by atoms with van der Waals surface area (Å²) >= 11 is 0. The van der Waals surface area contributed by atoms with Gasteiger partial charge < -0.3 is 92.7 Å². The van der Waals surface area contributed by atoms with E-state index in [2.05, 4.69) is 69.3 Å². The summed E-state index contributed by atoms with van der Waals surface area (Å²) in [6.45, 7) is 25.3. The third kappa shape index (κ3) is 38.8. The minimum Gasteiger partial charge on any atom is -0.497 e. The summed E-state index contributed by atoms with van der Waals surface area (Å²) in [5.74, 6) is 1.28. The van der Waals surface area contributed by atoms with E-state index in [-0.39, 0.29) is 111 Å². The number of carbonyl (C=O) groups excluding carboxylic acids is 4. The number of amides is 4. The molecule has 8 aromatic rings. The zero-order valence-corrected chi connectivity index (χ0v) is 90.7. The van der Waals surface area contributed by atoms with Gasteiger partial charge in [-0.25, -0.2) is 0 Å². The van der Waals surface area contributed by atoms with Gasteiger partial charge in [0, 0.05) is 113 Å². The first kappa shape index (κ1) is 122. The Labute approximate surface area is 878 Å². The zero-order chi connectivity index (χ0) is 108. The largest absolute Gasteiger partial charge is 0.497 e. The number of likely N-dealkylation sites (N-methyl/N-ethyl adjacent to an activating group) is 1. The molecule has 6 N–H and O–H groups in total. The number of quaternary nitrogens is 1. The number of likely N-dealkylation sites (tertiary alicyclic amines) is 4. The van der Waals surface area contributed by atoms with E-state index in [1.54, 1.807) is 49.8 Å². The quantitative estimate of drug-likeness (QED) is 0.0152. The monoisotopic (exact) mass is 2050 g/mol. The summed E-state index contributed by atoms with van der Waals surface area (Å²) in [5, 5.41) is 46.0. The Hall–Kier alpha value is -12.7. The standard InChI is InChI=1S/C27H45N3O4.C27H34N2O7.C22H34N2O4.C20H30N2O4.3C7H8O/c1-7-9-16-28(17-10-11-18-30(3,4)5)25(31)20-29-19-23(26(27(32)33)24(29)8-2)21-12-14-22(34-6)15-13-21;1-3-4-12-28-25(30)16-29-15-19(18-9-10-23-24(14-18)36-17-35-23)26(27(31)32)20(29)11-13-34-22-8-6-5-7-21(22)33-2;1-5-8-13-23(7-3)20(25)15-24-14-18(21(22(26)27)19(24)6-2)16-9-11-17(28-4)12-10-16;1-4-6-11-21-18(23)13-22-12-16(19(20(24)25)17(22)5-2)14-7-9-15(26-3)10-8-14;3*1-8-7-5-3-2-4-6-7/h12-15,23-24,26H,7-11,16-20H2,1-6H3;5-10,14,19-20,26H,3-4,11-13,15-17H2,1-2H3,(H,28,30)(H,31,32);9-12,18-19,21H,5-8,13-15H2,1-4H3,(H,26,27);7-10,16-17,19H,4-6,11-13H2,1-3H3,(H,21,23)(H,24,25);3*2-6H,1H3/p+1/t23-,24+,26-;19-,20+,26-;18-,19+,21-;16-,17+,19-;;;/m1111.../s1. The number of nitrogens with one attached hydrogen (secondary N) is 2. The fraction of sp³-hybridized carbons (Fsp3) is 0.521. The summed E-state index contributed by atoms with van der Waals surface area (Å²) in [5.41, 5.74) is 3.81. The summed E-state index contributed by atoms with van der Waals surface area (Å²) in [7, 11) is 18.0. The van der Waals surface area contributed by atoms with Crippen molar-refractivity contribution in [1.29, 1.82) is 0 Å². The lowest BCUT2D eigenvalue weighted by Crippen LogP contribution is -2.44. The molecule has 0 bridgehead atoms. The number of fused-ring (bicyclic) bond motifs is 1. The van der Waals surface area contributed by atoms with Crippen LogP contribution in [0.1, 0.15) is 191 Å². The summed E-state index contributed by atoms with van der Waals surface area (Å²) in [6, 6.07) is 64.0. The topological polar surface area (TPSA) is 353 Å². The average molecular weight is 2050 g/mol. The number of para-hydroxylation sites is 5. The molecule has 4 fully saturated rings. The number of rotatable bonds is 48. The van der Waals surface area contributed by atoms with E-state index in [1.165, 1.54) is 0 Å². The highest BCUT2D eigenvalue weighted by Gasteiger charge is 2.51. The Morgan fingerprint density at radius 2 is 0.669 bits per heavy atom. The smallest absolute Gasteiger partial charge is 0.308 e. The molecule has 5 aliphatic heterocycles. The average Bonchev–Trinajstić information content (AvgIpc) is 1.63. The lowest BCUT2D eigenvalue weighted by molar-refractivity contribution is -0.870. The number of carboxylic acid groups (broad SMARTS) is 4. The Bertz CT molecular complexity index is 5090. The van der Waals surface area contributed by atoms with Crippen molar-refractivity contribution in [3.8, 4) is 57.5 Å². The number of hydrogen-bond donors (Lipinski definition) is 6. The Balaban J connectivity index is 0.000000248. The van der Waals surface area contributed by atoms with Gasteiger partial charge in [0.25, 0.3) is 0 Å². The number of methoxy groups -OCH3 is 7. The van der Waals surface area contributed by atoms with Crippen LogP contribution in [0.25, 0.3) is 0 Å². The van der Waals surface area contributed by atoms with Crippen molar-refractivity contribution < 1.29 is 111 Å². The van der Waals surface area contributed by atoms with Crippen LogP contribution in [0.2, 0.25) is 0 Å². The normalized spacial score (nSPS) is 19.5. The van der Waals surface area contributed by atoms with Crippen molar-refractivity contribution in [2.45, 2.75) is 193 Å². The van der Waals surface area contributed by atoms with Crippen LogP contribution in [0.15, 0.2) is 206 Å². The highest BCUT2D eigenvalue weighted by atomic mass is 16.7. The van der Waals surface area contributed by atoms with Crippen molar-refractivity contribution in [1.82, 2.24) is 40.0 Å². The third-order valence-electron chi connectivity index (χ3n) is 27.8. The van der Waals surface area contributed by atoms with Crippen molar-refractivity contribution in [2.75, 3.05) is 182 Å². The molecule has 8 aromatic carbocycles. The van der Waals surface area contributed by atoms with Crippen LogP contribution in [0.3, 0.4) is 0 Å². The lowest BCUT2D eigenvalue weighted by Gasteiger charge is -2.29. The van der Waals surface area contributed by atoms with Gasteiger partial charge in [-0.2, -0.15) is 0 Å². The molecule has 148 heavy (non-hydrogen) atoms. The van der Waals surface area contributed by atoms with Crippen LogP contribution < -0.4 is 58.0 Å². The van der Waals surface area contributed by atoms with E-state index in [1.807, 2.05) is 254 Å². The van der Waals surface area contributed by atoms with Crippen LogP contribution >= 0.6 is 0 Å². The van der Waals surface area contributed by atoms with E-state index in [0.29, 0.717) is 94.5 Å². The number of ether oxygens (including phenoxy) is 10. The number of aliphatic carboxylic acids is 4.